The molecule has 0 radical (unpaired) electrons. The van der Waals surface area contributed by atoms with E-state index in [0.29, 0.717) is 0 Å². The molecule has 1 aliphatic heterocycles. The summed E-state index contributed by atoms with van der Waals surface area (Å²) in [5.41, 5.74) is 0. The third kappa shape index (κ3) is 7.77. The molecule has 2 nitrogen and oxygen atoms in total. The van der Waals surface area contributed by atoms with Gasteiger partial charge >= 0.3 is 51.4 Å². The molecular formula is C9H18KNO. The minimum Gasteiger partial charge on any atom is -0.659 e. The summed E-state index contributed by atoms with van der Waals surface area (Å²) in [6.07, 6.45) is 4.44. The van der Waals surface area contributed by atoms with Gasteiger partial charge in [-0.25, -0.2) is 0 Å². The van der Waals surface area contributed by atoms with Crippen LogP contribution in [0.3, 0.4) is 0 Å². The van der Waals surface area contributed by atoms with E-state index in [2.05, 4.69) is 11.4 Å². The number of nitrogens with zero attached hydrogens (tertiary/aromatic N) is 1. The molecular weight excluding hydrogens is 177 g/mol. The van der Waals surface area contributed by atoms with Gasteiger partial charge in [0.2, 0.25) is 0 Å². The van der Waals surface area contributed by atoms with Gasteiger partial charge in [0, 0.05) is 0 Å². The summed E-state index contributed by atoms with van der Waals surface area (Å²) in [6, 6.07) is 0. The third-order valence-electron chi connectivity index (χ3n) is 1.32. The molecule has 0 aliphatic carbocycles. The van der Waals surface area contributed by atoms with Crippen molar-refractivity contribution in [2.75, 3.05) is 20.2 Å². The van der Waals surface area contributed by atoms with Gasteiger partial charge in [-0.15, -0.1) is 0 Å². The van der Waals surface area contributed by atoms with E-state index < -0.39 is 0 Å². The number of hydrogen-bond acceptors (Lipinski definition) is 1. The first-order chi connectivity index (χ1) is 5.43. The van der Waals surface area contributed by atoms with E-state index >= 15 is 0 Å². The molecule has 66 valence electrons. The summed E-state index contributed by atoms with van der Waals surface area (Å²) in [5.74, 6) is 1.05. The van der Waals surface area contributed by atoms with Gasteiger partial charge in [0.05, 0.1) is 12.4 Å². The van der Waals surface area contributed by atoms with Gasteiger partial charge in [0.25, 0.3) is 0 Å². The first-order valence-corrected chi connectivity index (χ1v) is 4.31. The summed E-state index contributed by atoms with van der Waals surface area (Å²) in [6.45, 7) is 5.63. The summed E-state index contributed by atoms with van der Waals surface area (Å²) < 4.78 is 5.29. The summed E-state index contributed by atoms with van der Waals surface area (Å²) in [4.78, 5) is 0. The largest absolute Gasteiger partial charge is 1.00 e. The van der Waals surface area contributed by atoms with Crippen LogP contribution in [0.15, 0.2) is 11.8 Å². The number of rotatable bonds is 2. The molecule has 0 aromatic rings. The minimum atomic E-state index is 0. The topological polar surface area (TPSA) is 23.3 Å². The molecule has 3 heteroatoms. The Morgan fingerprint density at radius 2 is 2.17 bits per heavy atom. The standard InChI is InChI=1S/C7H12NO.C2H6.K/c1-8-6-7-4-2-3-5-9-7;1-2;/h4H,2-3,5-6H2,1H3;1-2H3;/q-1;;+1. The average molecular weight is 195 g/mol. The molecule has 0 aromatic carbocycles. The van der Waals surface area contributed by atoms with Gasteiger partial charge in [0.1, 0.15) is 0 Å². The molecule has 1 rings (SSSR count). The molecule has 0 fully saturated rings. The maximum absolute atomic E-state index is 5.29. The molecule has 1 aliphatic rings. The zero-order valence-corrected chi connectivity index (χ0v) is 11.9. The van der Waals surface area contributed by atoms with Crippen LogP contribution < -0.4 is 51.4 Å². The quantitative estimate of drug-likeness (QED) is 0.556. The molecule has 0 bridgehead atoms. The second-order valence-electron chi connectivity index (χ2n) is 2.14. The molecule has 0 saturated carbocycles. The van der Waals surface area contributed by atoms with Gasteiger partial charge < -0.3 is 10.1 Å². The van der Waals surface area contributed by atoms with E-state index in [0.717, 1.165) is 31.8 Å². The fourth-order valence-electron chi connectivity index (χ4n) is 0.875. The van der Waals surface area contributed by atoms with Crippen molar-refractivity contribution in [2.24, 2.45) is 0 Å². The second-order valence-corrected chi connectivity index (χ2v) is 2.14. The zero-order chi connectivity index (χ0) is 8.53. The van der Waals surface area contributed by atoms with E-state index in [1.807, 2.05) is 13.8 Å². The van der Waals surface area contributed by atoms with Crippen molar-refractivity contribution in [3.8, 4) is 0 Å². The van der Waals surface area contributed by atoms with Crippen molar-refractivity contribution < 1.29 is 56.1 Å². The fourth-order valence-corrected chi connectivity index (χ4v) is 0.875. The van der Waals surface area contributed by atoms with Gasteiger partial charge in [-0.1, -0.05) is 20.4 Å². The number of ether oxygens (including phenoxy) is 1. The van der Waals surface area contributed by atoms with E-state index in [-0.39, 0.29) is 51.4 Å². The Morgan fingerprint density at radius 1 is 1.50 bits per heavy atom. The van der Waals surface area contributed by atoms with E-state index in [1.165, 1.54) is 0 Å². The van der Waals surface area contributed by atoms with Gasteiger partial charge in [-0.2, -0.15) is 7.05 Å². The van der Waals surface area contributed by atoms with Crippen molar-refractivity contribution in [3.63, 3.8) is 0 Å². The van der Waals surface area contributed by atoms with E-state index in [1.54, 1.807) is 7.05 Å². The average Bonchev–Trinajstić information content (AvgIpc) is 2.11. The van der Waals surface area contributed by atoms with Crippen LogP contribution in [0.25, 0.3) is 5.32 Å². The molecule has 0 spiro atoms. The molecule has 0 N–H and O–H groups in total. The Kier molecular flexibility index (Phi) is 15.8. The van der Waals surface area contributed by atoms with Crippen molar-refractivity contribution in [3.05, 3.63) is 17.2 Å². The third-order valence-corrected chi connectivity index (χ3v) is 1.32. The SMILES string of the molecule is CC.C[N-]CC1=CCCCO1.[K+]. The number of likely N-dealkylation sites (N-methyl/N-ethyl adjacent to an activating group) is 1. The van der Waals surface area contributed by atoms with Crippen LogP contribution in [0.2, 0.25) is 0 Å². The van der Waals surface area contributed by atoms with Crippen molar-refractivity contribution >= 4 is 0 Å². The van der Waals surface area contributed by atoms with Crippen LogP contribution in [0.5, 0.6) is 0 Å². The monoisotopic (exact) mass is 195 g/mol. The van der Waals surface area contributed by atoms with Crippen molar-refractivity contribution in [1.29, 1.82) is 0 Å². The first-order valence-electron chi connectivity index (χ1n) is 4.31. The van der Waals surface area contributed by atoms with Crippen LogP contribution >= 0.6 is 0 Å². The van der Waals surface area contributed by atoms with Crippen LogP contribution in [-0.2, 0) is 4.74 Å². The minimum absolute atomic E-state index is 0. The van der Waals surface area contributed by atoms with Gasteiger partial charge in [-0.05, 0) is 18.9 Å². The number of allylic oxidation sites excluding steroid dienone is 1. The molecule has 0 amide bonds. The zero-order valence-electron chi connectivity index (χ0n) is 8.76. The Bertz CT molecular complexity index is 115. The maximum Gasteiger partial charge on any atom is 1.00 e. The second kappa shape index (κ2) is 12.1. The van der Waals surface area contributed by atoms with E-state index in [9.17, 15) is 0 Å². The van der Waals surface area contributed by atoms with E-state index in [4.69, 9.17) is 4.74 Å². The Hall–Kier alpha value is 1.14. The Morgan fingerprint density at radius 3 is 2.58 bits per heavy atom. The summed E-state index contributed by atoms with van der Waals surface area (Å²) in [7, 11) is 1.80. The van der Waals surface area contributed by atoms with Gasteiger partial charge in [0.15, 0.2) is 0 Å². The fraction of sp³-hybridized carbons (Fsp3) is 0.778. The van der Waals surface area contributed by atoms with Crippen LogP contribution in [0.1, 0.15) is 26.7 Å². The molecule has 0 aromatic heterocycles. The van der Waals surface area contributed by atoms with Crippen LogP contribution in [-0.4, -0.2) is 20.2 Å². The molecule has 0 atom stereocenters. The summed E-state index contributed by atoms with van der Waals surface area (Å²) in [5, 5.41) is 3.97. The van der Waals surface area contributed by atoms with Crippen LogP contribution in [0.4, 0.5) is 0 Å². The van der Waals surface area contributed by atoms with Crippen LogP contribution in [0, 0.1) is 0 Å². The maximum atomic E-state index is 5.29. The Balaban J connectivity index is 0. The summed E-state index contributed by atoms with van der Waals surface area (Å²) >= 11 is 0. The molecule has 0 unspecified atom stereocenters. The van der Waals surface area contributed by atoms with Crippen molar-refractivity contribution in [1.82, 2.24) is 0 Å². The molecule has 12 heavy (non-hydrogen) atoms. The number of hydrogen-bond donors (Lipinski definition) is 0. The van der Waals surface area contributed by atoms with Gasteiger partial charge in [-0.3, -0.25) is 0 Å². The first kappa shape index (κ1) is 15.6. The van der Waals surface area contributed by atoms with Crippen molar-refractivity contribution in [2.45, 2.75) is 26.7 Å². The Labute approximate surface area is 119 Å². The predicted octanol–water partition coefficient (Wildman–Crippen LogP) is -0.286. The smallest absolute Gasteiger partial charge is 0.659 e. The molecule has 0 saturated heterocycles. The normalized spacial score (nSPS) is 14.4. The predicted molar refractivity (Wildman–Crippen MR) is 48.8 cm³/mol. The molecule has 1 heterocycles.